The van der Waals surface area contributed by atoms with Crippen molar-refractivity contribution in [3.05, 3.63) is 78.4 Å². The van der Waals surface area contributed by atoms with Gasteiger partial charge in [0, 0.05) is 18.5 Å². The smallest absolute Gasteiger partial charge is 0.264 e. The van der Waals surface area contributed by atoms with Crippen molar-refractivity contribution < 1.29 is 27.5 Å². The highest BCUT2D eigenvalue weighted by Crippen LogP contribution is 2.28. The molecule has 1 N–H and O–H groups in total. The maximum absolute atomic E-state index is 13.9. The number of hydrogen-bond acceptors (Lipinski definition) is 7. The Morgan fingerprint density at radius 1 is 0.950 bits per heavy atom. The second kappa shape index (κ2) is 14.1. The zero-order valence-electron chi connectivity index (χ0n) is 23.3. The molecule has 1 atom stereocenters. The minimum atomic E-state index is -4.15. The first-order valence-corrected chi connectivity index (χ1v) is 15.3. The van der Waals surface area contributed by atoms with Gasteiger partial charge in [0.05, 0.1) is 24.3 Å². The van der Waals surface area contributed by atoms with Gasteiger partial charge in [-0.1, -0.05) is 12.1 Å². The molecule has 11 heteroatoms. The molecule has 3 rings (SSSR count). The second-order valence-electron chi connectivity index (χ2n) is 8.77. The number of carbonyl (C=O) groups is 2. The molecule has 40 heavy (non-hydrogen) atoms. The molecule has 0 saturated heterocycles. The zero-order chi connectivity index (χ0) is 29.3. The van der Waals surface area contributed by atoms with Gasteiger partial charge < -0.3 is 19.7 Å². The fraction of sp³-hybridized carbons (Fsp3) is 0.310. The Balaban J connectivity index is 2.02. The van der Waals surface area contributed by atoms with Crippen LogP contribution in [-0.2, 0) is 26.2 Å². The number of ether oxygens (including phenoxy) is 2. The highest BCUT2D eigenvalue weighted by atomic mass is 32.2. The number of nitrogens with zero attached hydrogens (tertiary/aromatic N) is 2. The van der Waals surface area contributed by atoms with Gasteiger partial charge in [-0.05, 0) is 86.3 Å². The molecule has 0 saturated carbocycles. The molecular formula is C29H35N3O6S2. The summed E-state index contributed by atoms with van der Waals surface area (Å²) in [6.07, 6.45) is 1.90. The number of carbonyl (C=O) groups excluding carboxylic acids is 2. The van der Waals surface area contributed by atoms with Gasteiger partial charge in [0.15, 0.2) is 0 Å². The van der Waals surface area contributed by atoms with Crippen LogP contribution in [0, 0.1) is 0 Å². The van der Waals surface area contributed by atoms with Gasteiger partial charge >= 0.3 is 0 Å². The number of benzene rings is 3. The molecule has 3 aromatic rings. The summed E-state index contributed by atoms with van der Waals surface area (Å²) < 4.78 is 39.6. The van der Waals surface area contributed by atoms with E-state index < -0.39 is 28.5 Å². The molecule has 0 radical (unpaired) electrons. The average molecular weight is 586 g/mol. The van der Waals surface area contributed by atoms with Crippen molar-refractivity contribution >= 4 is 39.3 Å². The van der Waals surface area contributed by atoms with Crippen LogP contribution in [-0.4, -0.2) is 64.7 Å². The fourth-order valence-electron chi connectivity index (χ4n) is 4.00. The molecule has 0 bridgehead atoms. The highest BCUT2D eigenvalue weighted by molar-refractivity contribution is 7.98. The number of amides is 2. The quantitative estimate of drug-likeness (QED) is 0.300. The Morgan fingerprint density at radius 3 is 2.08 bits per heavy atom. The number of methoxy groups -OCH3 is 1. The minimum Gasteiger partial charge on any atom is -0.497 e. The monoisotopic (exact) mass is 585 g/mol. The predicted octanol–water partition coefficient (Wildman–Crippen LogP) is 4.17. The minimum absolute atomic E-state index is 0.0491. The van der Waals surface area contributed by atoms with E-state index in [1.165, 1.54) is 35.8 Å². The van der Waals surface area contributed by atoms with E-state index in [0.29, 0.717) is 23.8 Å². The molecule has 9 nitrogen and oxygen atoms in total. The molecule has 0 aliphatic rings. The highest BCUT2D eigenvalue weighted by Gasteiger charge is 2.32. The summed E-state index contributed by atoms with van der Waals surface area (Å²) in [5.74, 6) is 0.324. The van der Waals surface area contributed by atoms with Crippen LogP contribution < -0.4 is 19.1 Å². The maximum atomic E-state index is 13.9. The SMILES string of the molecule is CCOc1ccc(N(CC(=O)N(Cc2ccc(OC)cc2)[C@@H](C)C(=O)NC)S(=O)(=O)c2ccc(SC)cc2)cc1. The lowest BCUT2D eigenvalue weighted by atomic mass is 10.1. The number of hydrogen-bond donors (Lipinski definition) is 1. The van der Waals surface area contributed by atoms with Crippen molar-refractivity contribution in [3.63, 3.8) is 0 Å². The predicted molar refractivity (Wildman–Crippen MR) is 157 cm³/mol. The van der Waals surface area contributed by atoms with E-state index >= 15 is 0 Å². The van der Waals surface area contributed by atoms with Crippen LogP contribution in [0.3, 0.4) is 0 Å². The van der Waals surface area contributed by atoms with Crippen molar-refractivity contribution in [3.8, 4) is 11.5 Å². The molecule has 0 heterocycles. The number of anilines is 1. The molecule has 0 spiro atoms. The van der Waals surface area contributed by atoms with E-state index in [4.69, 9.17) is 9.47 Å². The van der Waals surface area contributed by atoms with Crippen LogP contribution in [0.4, 0.5) is 5.69 Å². The van der Waals surface area contributed by atoms with Gasteiger partial charge in [-0.15, -0.1) is 11.8 Å². The summed E-state index contributed by atoms with van der Waals surface area (Å²) in [5.41, 5.74) is 1.05. The molecule has 214 valence electrons. The van der Waals surface area contributed by atoms with Gasteiger partial charge in [-0.25, -0.2) is 8.42 Å². The van der Waals surface area contributed by atoms with E-state index in [2.05, 4.69) is 5.32 Å². The number of sulfonamides is 1. The van der Waals surface area contributed by atoms with E-state index in [-0.39, 0.29) is 17.3 Å². The van der Waals surface area contributed by atoms with Crippen LogP contribution in [0.1, 0.15) is 19.4 Å². The third-order valence-corrected chi connectivity index (χ3v) is 8.82. The van der Waals surface area contributed by atoms with Crippen LogP contribution >= 0.6 is 11.8 Å². The summed E-state index contributed by atoms with van der Waals surface area (Å²) in [5, 5.41) is 2.57. The summed E-state index contributed by atoms with van der Waals surface area (Å²) in [6.45, 7) is 3.50. The first kappa shape index (κ1) is 30.8. The van der Waals surface area contributed by atoms with Gasteiger partial charge in [-0.2, -0.15) is 0 Å². The molecule has 0 aromatic heterocycles. The van der Waals surface area contributed by atoms with Crippen molar-refractivity contribution in [2.75, 3.05) is 37.9 Å². The largest absolute Gasteiger partial charge is 0.497 e. The third kappa shape index (κ3) is 7.48. The van der Waals surface area contributed by atoms with Gasteiger partial charge in [-0.3, -0.25) is 13.9 Å². The Labute approximate surface area is 240 Å². The molecule has 0 aliphatic heterocycles. The van der Waals surface area contributed by atoms with Crippen molar-refractivity contribution in [2.45, 2.75) is 36.2 Å². The Kier molecular flexibility index (Phi) is 10.9. The van der Waals surface area contributed by atoms with Crippen LogP contribution in [0.5, 0.6) is 11.5 Å². The number of rotatable bonds is 13. The van der Waals surface area contributed by atoms with Crippen molar-refractivity contribution in [1.29, 1.82) is 0 Å². The maximum Gasteiger partial charge on any atom is 0.264 e. The lowest BCUT2D eigenvalue weighted by Gasteiger charge is -2.31. The third-order valence-electron chi connectivity index (χ3n) is 6.29. The first-order valence-electron chi connectivity index (χ1n) is 12.7. The van der Waals surface area contributed by atoms with E-state index in [9.17, 15) is 18.0 Å². The summed E-state index contributed by atoms with van der Waals surface area (Å²) in [4.78, 5) is 28.8. The lowest BCUT2D eigenvalue weighted by molar-refractivity contribution is -0.139. The molecule has 3 aromatic carbocycles. The van der Waals surface area contributed by atoms with E-state index in [1.54, 1.807) is 74.7 Å². The van der Waals surface area contributed by atoms with Crippen LogP contribution in [0.15, 0.2) is 82.6 Å². The zero-order valence-corrected chi connectivity index (χ0v) is 24.9. The molecule has 0 fully saturated rings. The first-order chi connectivity index (χ1) is 19.1. The Morgan fingerprint density at radius 2 is 1.55 bits per heavy atom. The Bertz CT molecular complexity index is 1380. The molecular weight excluding hydrogens is 550 g/mol. The standard InChI is InChI=1S/C29H35N3O6S2/c1-6-38-25-13-9-23(10-14-25)32(40(35,36)27-17-15-26(39-5)16-18-27)20-28(33)31(21(2)29(34)30-3)19-22-7-11-24(37-4)12-8-22/h7-18,21H,6,19-20H2,1-5H3,(H,30,34)/t21-/m0/s1. The normalized spacial score (nSPS) is 11.8. The van der Waals surface area contributed by atoms with Crippen molar-refractivity contribution in [2.24, 2.45) is 0 Å². The van der Waals surface area contributed by atoms with Gasteiger partial charge in [0.25, 0.3) is 10.0 Å². The summed E-state index contributed by atoms with van der Waals surface area (Å²) >= 11 is 1.50. The average Bonchev–Trinajstić information content (AvgIpc) is 2.98. The topological polar surface area (TPSA) is 105 Å². The fourth-order valence-corrected chi connectivity index (χ4v) is 5.82. The van der Waals surface area contributed by atoms with Crippen LogP contribution in [0.25, 0.3) is 0 Å². The summed E-state index contributed by atoms with van der Waals surface area (Å²) in [6, 6.07) is 19.3. The van der Waals surface area contributed by atoms with E-state index in [0.717, 1.165) is 14.8 Å². The second-order valence-corrected chi connectivity index (χ2v) is 11.5. The van der Waals surface area contributed by atoms with E-state index in [1.807, 2.05) is 13.2 Å². The summed E-state index contributed by atoms with van der Waals surface area (Å²) in [7, 11) is -1.10. The van der Waals surface area contributed by atoms with Gasteiger partial charge in [0.2, 0.25) is 11.8 Å². The number of nitrogens with one attached hydrogen (secondary N) is 1. The number of thioether (sulfide) groups is 1. The Hall–Kier alpha value is -3.70. The van der Waals surface area contributed by atoms with Crippen LogP contribution in [0.2, 0.25) is 0 Å². The van der Waals surface area contributed by atoms with Gasteiger partial charge in [0.1, 0.15) is 24.1 Å². The molecule has 2 amide bonds. The lowest BCUT2D eigenvalue weighted by Crippen LogP contribution is -2.50. The number of likely N-dealkylation sites (N-methyl/N-ethyl adjacent to an activating group) is 1. The molecule has 0 aliphatic carbocycles. The molecule has 0 unspecified atom stereocenters. The van der Waals surface area contributed by atoms with Crippen molar-refractivity contribution in [1.82, 2.24) is 10.2 Å².